The lowest BCUT2D eigenvalue weighted by Gasteiger charge is -2.02. The van der Waals surface area contributed by atoms with Gasteiger partial charge in [-0.2, -0.15) is 0 Å². The molecule has 0 aliphatic heterocycles. The van der Waals surface area contributed by atoms with Crippen molar-refractivity contribution in [2.24, 2.45) is 5.73 Å². The average molecular weight is 287 g/mol. The molecule has 0 bridgehead atoms. The molecule has 0 saturated heterocycles. The fourth-order valence-electron chi connectivity index (χ4n) is 2.51. The van der Waals surface area contributed by atoms with Crippen molar-refractivity contribution in [1.82, 2.24) is 4.98 Å². The van der Waals surface area contributed by atoms with Gasteiger partial charge < -0.3 is 11.1 Å². The first kappa shape index (κ1) is 13.3. The molecule has 0 spiro atoms. The second-order valence-corrected chi connectivity index (χ2v) is 5.82. The predicted octanol–water partition coefficient (Wildman–Crippen LogP) is 2.59. The summed E-state index contributed by atoms with van der Waals surface area (Å²) in [6, 6.07) is 6.54. The van der Waals surface area contributed by atoms with E-state index in [2.05, 4.69) is 28.5 Å². The molecule has 0 radical (unpaired) electrons. The van der Waals surface area contributed by atoms with Crippen LogP contribution in [0.1, 0.15) is 24.0 Å². The third-order valence-electron chi connectivity index (χ3n) is 3.52. The monoisotopic (exact) mass is 287 g/mol. The Kier molecular flexibility index (Phi) is 3.80. The van der Waals surface area contributed by atoms with E-state index in [0.717, 1.165) is 17.7 Å². The van der Waals surface area contributed by atoms with Crippen LogP contribution in [0.5, 0.6) is 0 Å². The number of anilines is 1. The minimum atomic E-state index is -0.0812. The molecule has 0 atom stereocenters. The van der Waals surface area contributed by atoms with Gasteiger partial charge in [0.1, 0.15) is 0 Å². The highest BCUT2D eigenvalue weighted by atomic mass is 32.1. The van der Waals surface area contributed by atoms with Gasteiger partial charge in [-0.05, 0) is 36.5 Å². The maximum atomic E-state index is 11.5. The number of carbonyl (C=O) groups excluding carboxylic acids is 1. The van der Waals surface area contributed by atoms with Crippen molar-refractivity contribution in [3.05, 3.63) is 34.7 Å². The van der Waals surface area contributed by atoms with Crippen molar-refractivity contribution >= 4 is 22.4 Å². The number of nitrogens with two attached hydrogens (primary N) is 1. The lowest BCUT2D eigenvalue weighted by molar-refractivity contribution is -0.116. The molecule has 0 unspecified atom stereocenters. The molecule has 104 valence electrons. The fourth-order valence-corrected chi connectivity index (χ4v) is 3.24. The van der Waals surface area contributed by atoms with E-state index in [-0.39, 0.29) is 5.91 Å². The van der Waals surface area contributed by atoms with Gasteiger partial charge in [0.05, 0.1) is 5.69 Å². The number of hydrogen-bond acceptors (Lipinski definition) is 4. The predicted molar refractivity (Wildman–Crippen MR) is 81.9 cm³/mol. The molecule has 1 aliphatic rings. The van der Waals surface area contributed by atoms with Crippen LogP contribution < -0.4 is 11.1 Å². The molecule has 1 amide bonds. The van der Waals surface area contributed by atoms with E-state index in [0.29, 0.717) is 18.1 Å². The molecule has 20 heavy (non-hydrogen) atoms. The second-order valence-electron chi connectivity index (χ2n) is 4.96. The molecule has 1 aromatic heterocycles. The number of aryl methyl sites for hydroxylation is 2. The Balaban J connectivity index is 1.78. The Morgan fingerprint density at radius 3 is 3.05 bits per heavy atom. The first-order chi connectivity index (χ1) is 9.76. The number of benzene rings is 1. The summed E-state index contributed by atoms with van der Waals surface area (Å²) >= 11 is 1.45. The molecule has 1 heterocycles. The lowest BCUT2D eigenvalue weighted by Crippen LogP contribution is -2.15. The summed E-state index contributed by atoms with van der Waals surface area (Å²) < 4.78 is 0. The van der Waals surface area contributed by atoms with Gasteiger partial charge in [-0.25, -0.2) is 4.98 Å². The van der Waals surface area contributed by atoms with Crippen LogP contribution in [0.4, 0.5) is 5.13 Å². The minimum Gasteiger partial charge on any atom is -0.330 e. The topological polar surface area (TPSA) is 68.0 Å². The smallest absolute Gasteiger partial charge is 0.227 e. The Labute approximate surface area is 122 Å². The molecule has 5 heteroatoms. The highest BCUT2D eigenvalue weighted by Gasteiger charge is 2.13. The zero-order valence-electron chi connectivity index (χ0n) is 11.2. The van der Waals surface area contributed by atoms with Crippen molar-refractivity contribution in [1.29, 1.82) is 0 Å². The number of aromatic nitrogens is 1. The molecule has 3 rings (SSSR count). The number of carbonyl (C=O) groups is 1. The van der Waals surface area contributed by atoms with E-state index < -0.39 is 0 Å². The number of nitrogens with one attached hydrogen (secondary N) is 1. The molecule has 4 nitrogen and oxygen atoms in total. The van der Waals surface area contributed by atoms with Gasteiger partial charge in [0.25, 0.3) is 0 Å². The Hall–Kier alpha value is -1.72. The number of hydrogen-bond donors (Lipinski definition) is 2. The van der Waals surface area contributed by atoms with Crippen LogP contribution in [0.2, 0.25) is 0 Å². The summed E-state index contributed by atoms with van der Waals surface area (Å²) in [4.78, 5) is 16.0. The highest BCUT2D eigenvalue weighted by molar-refractivity contribution is 7.14. The van der Waals surface area contributed by atoms with E-state index in [1.807, 2.05) is 5.38 Å². The summed E-state index contributed by atoms with van der Waals surface area (Å²) in [7, 11) is 0. The molecule has 1 aliphatic carbocycles. The van der Waals surface area contributed by atoms with Gasteiger partial charge in [-0.1, -0.05) is 12.1 Å². The molecule has 2 aromatic rings. The standard InChI is InChI=1S/C15H17N3OS/c16-7-6-14(19)18-15-17-13(9-20-15)12-5-4-10-2-1-3-11(10)8-12/h4-5,8-9H,1-3,6-7,16H2,(H,17,18,19). The number of fused-ring (bicyclic) bond motifs is 1. The third-order valence-corrected chi connectivity index (χ3v) is 4.27. The van der Waals surface area contributed by atoms with Crippen LogP contribution in [0, 0.1) is 0 Å². The SMILES string of the molecule is NCCC(=O)Nc1nc(-c2ccc3c(c2)CCC3)cs1. The van der Waals surface area contributed by atoms with E-state index >= 15 is 0 Å². The quantitative estimate of drug-likeness (QED) is 0.908. The van der Waals surface area contributed by atoms with Crippen LogP contribution in [-0.2, 0) is 17.6 Å². The zero-order valence-corrected chi connectivity index (χ0v) is 12.0. The van der Waals surface area contributed by atoms with Gasteiger partial charge in [0, 0.05) is 23.9 Å². The van der Waals surface area contributed by atoms with E-state index in [1.165, 1.54) is 35.3 Å². The maximum absolute atomic E-state index is 11.5. The van der Waals surface area contributed by atoms with Gasteiger partial charge in [0.15, 0.2) is 5.13 Å². The molecular formula is C15H17N3OS. The van der Waals surface area contributed by atoms with Crippen molar-refractivity contribution in [3.63, 3.8) is 0 Å². The Morgan fingerprint density at radius 1 is 1.35 bits per heavy atom. The first-order valence-electron chi connectivity index (χ1n) is 6.84. The summed E-state index contributed by atoms with van der Waals surface area (Å²) in [5, 5.41) is 5.39. The minimum absolute atomic E-state index is 0.0812. The maximum Gasteiger partial charge on any atom is 0.227 e. The fraction of sp³-hybridized carbons (Fsp3) is 0.333. The number of amides is 1. The van der Waals surface area contributed by atoms with E-state index in [1.54, 1.807) is 0 Å². The third kappa shape index (κ3) is 2.73. The molecule has 0 saturated carbocycles. The van der Waals surface area contributed by atoms with Crippen molar-refractivity contribution in [2.45, 2.75) is 25.7 Å². The number of nitrogens with zero attached hydrogens (tertiary/aromatic N) is 1. The molecule has 3 N–H and O–H groups in total. The van der Waals surface area contributed by atoms with Gasteiger partial charge in [0.2, 0.25) is 5.91 Å². The largest absolute Gasteiger partial charge is 0.330 e. The summed E-state index contributed by atoms with van der Waals surface area (Å²) in [6.07, 6.45) is 3.92. The van der Waals surface area contributed by atoms with E-state index in [4.69, 9.17) is 5.73 Å². The molecule has 0 fully saturated rings. The van der Waals surface area contributed by atoms with E-state index in [9.17, 15) is 4.79 Å². The number of rotatable bonds is 4. The summed E-state index contributed by atoms with van der Waals surface area (Å²) in [5.74, 6) is -0.0812. The van der Waals surface area contributed by atoms with Crippen LogP contribution in [0.25, 0.3) is 11.3 Å². The van der Waals surface area contributed by atoms with Gasteiger partial charge in [-0.15, -0.1) is 11.3 Å². The second kappa shape index (κ2) is 5.73. The molecule has 1 aromatic carbocycles. The van der Waals surface area contributed by atoms with Crippen LogP contribution in [-0.4, -0.2) is 17.4 Å². The highest BCUT2D eigenvalue weighted by Crippen LogP contribution is 2.30. The normalized spacial score (nSPS) is 13.2. The van der Waals surface area contributed by atoms with Gasteiger partial charge in [-0.3, -0.25) is 4.79 Å². The Bertz CT molecular complexity index is 636. The first-order valence-corrected chi connectivity index (χ1v) is 7.72. The molecular weight excluding hydrogens is 270 g/mol. The van der Waals surface area contributed by atoms with Crippen molar-refractivity contribution in [2.75, 3.05) is 11.9 Å². The zero-order chi connectivity index (χ0) is 13.9. The van der Waals surface area contributed by atoms with Crippen molar-refractivity contribution < 1.29 is 4.79 Å². The van der Waals surface area contributed by atoms with Crippen LogP contribution in [0.15, 0.2) is 23.6 Å². The summed E-state index contributed by atoms with van der Waals surface area (Å²) in [5.41, 5.74) is 10.3. The van der Waals surface area contributed by atoms with Crippen LogP contribution >= 0.6 is 11.3 Å². The van der Waals surface area contributed by atoms with Crippen molar-refractivity contribution in [3.8, 4) is 11.3 Å². The lowest BCUT2D eigenvalue weighted by atomic mass is 10.1. The van der Waals surface area contributed by atoms with Gasteiger partial charge >= 0.3 is 0 Å². The Morgan fingerprint density at radius 2 is 2.20 bits per heavy atom. The number of thiazole rings is 1. The van der Waals surface area contributed by atoms with Crippen LogP contribution in [0.3, 0.4) is 0 Å². The average Bonchev–Trinajstić information content (AvgIpc) is 3.06. The summed E-state index contributed by atoms with van der Waals surface area (Å²) in [6.45, 7) is 0.356.